The van der Waals surface area contributed by atoms with E-state index < -0.39 is 0 Å². The third-order valence-corrected chi connectivity index (χ3v) is 3.05. The maximum absolute atomic E-state index is 9.22. The van der Waals surface area contributed by atoms with Crippen LogP contribution in [0.5, 0.6) is 0 Å². The van der Waals surface area contributed by atoms with Crippen LogP contribution in [-0.2, 0) is 0 Å². The summed E-state index contributed by atoms with van der Waals surface area (Å²) in [5.41, 5.74) is 5.70. The molecule has 1 fully saturated rings. The molecule has 0 aliphatic heterocycles. The highest BCUT2D eigenvalue weighted by molar-refractivity contribution is 5.92. The topological polar surface area (TPSA) is 99.1 Å². The average Bonchev–Trinajstić information content (AvgIpc) is 2.27. The second kappa shape index (κ2) is 4.67. The van der Waals surface area contributed by atoms with E-state index in [0.717, 1.165) is 25.2 Å². The minimum Gasteiger partial charge on any atom is -0.393 e. The highest BCUT2D eigenvalue weighted by atomic mass is 16.3. The molecule has 0 unspecified atom stereocenters. The monoisotopic (exact) mass is 235 g/mol. The van der Waals surface area contributed by atoms with Crippen LogP contribution in [0, 0.1) is 11.3 Å². The molecule has 1 aromatic heterocycles. The Bertz CT molecular complexity index is 399. The molecule has 0 spiro atoms. The van der Waals surface area contributed by atoms with E-state index >= 15 is 0 Å². The van der Waals surface area contributed by atoms with Gasteiger partial charge in [0, 0.05) is 13.6 Å². The molecule has 0 radical (unpaired) electrons. The summed E-state index contributed by atoms with van der Waals surface area (Å²) in [5, 5.41) is 16.4. The summed E-state index contributed by atoms with van der Waals surface area (Å²) < 4.78 is 0. The second-order valence-electron chi connectivity index (χ2n) is 4.55. The van der Waals surface area contributed by atoms with E-state index in [9.17, 15) is 5.11 Å². The van der Waals surface area contributed by atoms with Gasteiger partial charge in [0.1, 0.15) is 17.3 Å². The number of aliphatic hydroxyl groups excluding tert-OH is 1. The lowest BCUT2D eigenvalue weighted by Crippen LogP contribution is -2.37. The molecule has 0 atom stereocenters. The van der Waals surface area contributed by atoms with Gasteiger partial charge < -0.3 is 15.7 Å². The number of anilines is 1. The molecule has 0 aromatic carbocycles. The molecule has 4 N–H and O–H groups in total. The third kappa shape index (κ3) is 2.71. The van der Waals surface area contributed by atoms with Crippen molar-refractivity contribution in [3.8, 4) is 0 Å². The van der Waals surface area contributed by atoms with E-state index in [1.54, 1.807) is 6.20 Å². The van der Waals surface area contributed by atoms with Gasteiger partial charge in [0.25, 0.3) is 0 Å². The van der Waals surface area contributed by atoms with E-state index in [4.69, 9.17) is 11.1 Å². The standard InChI is InChI=1S/C11H17N5O/c1-16(6-7-2-8(17)3-7)10-5-14-9(4-15-10)11(12)13/h4-5,7-8,17H,2-3,6H2,1H3,(H3,12,13). The molecule has 1 aliphatic carbocycles. The van der Waals surface area contributed by atoms with Crippen LogP contribution in [0.4, 0.5) is 5.82 Å². The van der Waals surface area contributed by atoms with Crippen molar-refractivity contribution >= 4 is 11.7 Å². The minimum atomic E-state index is -0.125. The number of nitrogen functional groups attached to an aromatic ring is 1. The highest BCUT2D eigenvalue weighted by Gasteiger charge is 2.28. The van der Waals surface area contributed by atoms with Crippen LogP contribution in [0.15, 0.2) is 12.4 Å². The van der Waals surface area contributed by atoms with Crippen LogP contribution < -0.4 is 10.6 Å². The van der Waals surface area contributed by atoms with Crippen LogP contribution in [0.3, 0.4) is 0 Å². The largest absolute Gasteiger partial charge is 0.393 e. The van der Waals surface area contributed by atoms with Crippen LogP contribution >= 0.6 is 0 Å². The lowest BCUT2D eigenvalue weighted by Gasteiger charge is -2.34. The SMILES string of the molecule is CN(CC1CC(O)C1)c1cnc(C(=N)N)cn1. The molecule has 6 nitrogen and oxygen atoms in total. The summed E-state index contributed by atoms with van der Waals surface area (Å²) in [5.74, 6) is 1.22. The molecule has 92 valence electrons. The van der Waals surface area contributed by atoms with Crippen LogP contribution in [-0.4, -0.2) is 40.6 Å². The quantitative estimate of drug-likeness (QED) is 0.502. The molecule has 0 saturated heterocycles. The van der Waals surface area contributed by atoms with Crippen molar-refractivity contribution in [1.29, 1.82) is 5.41 Å². The van der Waals surface area contributed by atoms with Crippen molar-refractivity contribution in [3.05, 3.63) is 18.1 Å². The Morgan fingerprint density at radius 3 is 2.71 bits per heavy atom. The van der Waals surface area contributed by atoms with Crippen molar-refractivity contribution in [2.45, 2.75) is 18.9 Å². The Labute approximate surface area is 100.0 Å². The second-order valence-corrected chi connectivity index (χ2v) is 4.55. The van der Waals surface area contributed by atoms with Gasteiger partial charge in [-0.3, -0.25) is 5.41 Å². The maximum Gasteiger partial charge on any atom is 0.146 e. The number of amidine groups is 1. The van der Waals surface area contributed by atoms with Gasteiger partial charge in [-0.05, 0) is 18.8 Å². The zero-order valence-electron chi connectivity index (χ0n) is 9.80. The first kappa shape index (κ1) is 11.8. The molecule has 1 saturated carbocycles. The zero-order valence-corrected chi connectivity index (χ0v) is 9.80. The Morgan fingerprint density at radius 1 is 1.53 bits per heavy atom. The molecule has 1 aliphatic rings. The summed E-state index contributed by atoms with van der Waals surface area (Å²) in [7, 11) is 1.95. The van der Waals surface area contributed by atoms with E-state index in [1.165, 1.54) is 6.20 Å². The number of rotatable bonds is 4. The fourth-order valence-corrected chi connectivity index (χ4v) is 1.99. The molecular formula is C11H17N5O. The summed E-state index contributed by atoms with van der Waals surface area (Å²) >= 11 is 0. The predicted molar refractivity (Wildman–Crippen MR) is 65.0 cm³/mol. The van der Waals surface area contributed by atoms with Crippen molar-refractivity contribution in [3.63, 3.8) is 0 Å². The number of hydrogen-bond acceptors (Lipinski definition) is 5. The fourth-order valence-electron chi connectivity index (χ4n) is 1.99. The van der Waals surface area contributed by atoms with E-state index in [-0.39, 0.29) is 11.9 Å². The molecule has 6 heteroatoms. The average molecular weight is 235 g/mol. The fraction of sp³-hybridized carbons (Fsp3) is 0.545. The first-order valence-electron chi connectivity index (χ1n) is 5.62. The molecule has 1 heterocycles. The Morgan fingerprint density at radius 2 is 2.24 bits per heavy atom. The van der Waals surface area contributed by atoms with Crippen molar-refractivity contribution < 1.29 is 5.11 Å². The molecule has 0 bridgehead atoms. The van der Waals surface area contributed by atoms with Crippen LogP contribution in [0.1, 0.15) is 18.5 Å². The first-order valence-corrected chi connectivity index (χ1v) is 5.62. The third-order valence-electron chi connectivity index (χ3n) is 3.05. The zero-order chi connectivity index (χ0) is 12.4. The van der Waals surface area contributed by atoms with Gasteiger partial charge in [-0.15, -0.1) is 0 Å². The normalized spacial score (nSPS) is 22.9. The number of aromatic nitrogens is 2. The summed E-state index contributed by atoms with van der Waals surface area (Å²) in [6, 6.07) is 0. The number of nitrogens with zero attached hydrogens (tertiary/aromatic N) is 3. The number of aliphatic hydroxyl groups is 1. The number of hydrogen-bond donors (Lipinski definition) is 3. The Balaban J connectivity index is 1.94. The van der Waals surface area contributed by atoms with Crippen molar-refractivity contribution in [2.75, 3.05) is 18.5 Å². The van der Waals surface area contributed by atoms with Crippen molar-refractivity contribution in [2.24, 2.45) is 11.7 Å². The van der Waals surface area contributed by atoms with Crippen molar-refractivity contribution in [1.82, 2.24) is 9.97 Å². The van der Waals surface area contributed by atoms with Gasteiger partial charge in [0.15, 0.2) is 0 Å². The summed E-state index contributed by atoms with van der Waals surface area (Å²) in [6.07, 6.45) is 4.72. The van der Waals surface area contributed by atoms with Gasteiger partial charge in [0.2, 0.25) is 0 Å². The molecule has 0 amide bonds. The first-order chi connectivity index (χ1) is 8.06. The Hall–Kier alpha value is -1.69. The van der Waals surface area contributed by atoms with E-state index in [2.05, 4.69) is 9.97 Å². The molecule has 17 heavy (non-hydrogen) atoms. The van der Waals surface area contributed by atoms with E-state index in [1.807, 2.05) is 11.9 Å². The van der Waals surface area contributed by atoms with Crippen LogP contribution in [0.25, 0.3) is 0 Å². The van der Waals surface area contributed by atoms with Gasteiger partial charge in [-0.1, -0.05) is 0 Å². The van der Waals surface area contributed by atoms with Gasteiger partial charge in [-0.2, -0.15) is 0 Å². The lowest BCUT2D eigenvalue weighted by atomic mass is 9.82. The summed E-state index contributed by atoms with van der Waals surface area (Å²) in [4.78, 5) is 10.3. The Kier molecular flexibility index (Phi) is 3.23. The highest BCUT2D eigenvalue weighted by Crippen LogP contribution is 2.28. The number of nitrogens with one attached hydrogen (secondary N) is 1. The van der Waals surface area contributed by atoms with Gasteiger partial charge in [-0.25, -0.2) is 9.97 Å². The minimum absolute atomic E-state index is 0.0752. The molecule has 1 aromatic rings. The molecular weight excluding hydrogens is 218 g/mol. The number of nitrogens with two attached hydrogens (primary N) is 1. The smallest absolute Gasteiger partial charge is 0.146 e. The summed E-state index contributed by atoms with van der Waals surface area (Å²) in [6.45, 7) is 0.866. The molecule has 2 rings (SSSR count). The van der Waals surface area contributed by atoms with Gasteiger partial charge >= 0.3 is 0 Å². The van der Waals surface area contributed by atoms with E-state index in [0.29, 0.717) is 11.6 Å². The maximum atomic E-state index is 9.22. The van der Waals surface area contributed by atoms with Gasteiger partial charge in [0.05, 0.1) is 18.5 Å². The predicted octanol–water partition coefficient (Wildman–Crippen LogP) is -0.0322. The van der Waals surface area contributed by atoms with Crippen LogP contribution in [0.2, 0.25) is 0 Å². The lowest BCUT2D eigenvalue weighted by molar-refractivity contribution is 0.0464.